The summed E-state index contributed by atoms with van der Waals surface area (Å²) in [5.74, 6) is -1.17. The van der Waals surface area contributed by atoms with Gasteiger partial charge in [0.15, 0.2) is 0 Å². The number of hydrogen-bond acceptors (Lipinski definition) is 2. The number of amides is 2. The maximum Gasteiger partial charge on any atom is 0.317 e. The summed E-state index contributed by atoms with van der Waals surface area (Å²) in [6.07, 6.45) is 3.55. The number of nitrogens with one attached hydrogen (secondary N) is 1. The molecule has 2 N–H and O–H groups in total. The fourth-order valence-corrected chi connectivity index (χ4v) is 3.05. The Labute approximate surface area is 134 Å². The number of carboxylic acid groups (broad SMARTS) is 1. The summed E-state index contributed by atoms with van der Waals surface area (Å²) in [4.78, 5) is 24.7. The number of nitrogens with zero attached hydrogens (tertiary/aromatic N) is 1. The fraction of sp³-hybridized carbons (Fsp3) is 0.529. The minimum Gasteiger partial charge on any atom is -0.481 e. The Kier molecular flexibility index (Phi) is 4.50. The third-order valence-corrected chi connectivity index (χ3v) is 4.61. The molecule has 2 aliphatic rings. The highest BCUT2D eigenvalue weighted by atomic mass is 19.1. The molecule has 2 fully saturated rings. The van der Waals surface area contributed by atoms with Crippen LogP contribution in [0.2, 0.25) is 0 Å². The van der Waals surface area contributed by atoms with Crippen molar-refractivity contribution in [3.8, 4) is 0 Å². The molecule has 1 saturated heterocycles. The van der Waals surface area contributed by atoms with Gasteiger partial charge in [-0.2, -0.15) is 0 Å². The van der Waals surface area contributed by atoms with E-state index in [4.69, 9.17) is 5.11 Å². The fourth-order valence-electron chi connectivity index (χ4n) is 3.05. The van der Waals surface area contributed by atoms with E-state index in [1.807, 2.05) is 6.07 Å². The van der Waals surface area contributed by atoms with Crippen molar-refractivity contribution in [3.05, 3.63) is 35.1 Å². The zero-order valence-corrected chi connectivity index (χ0v) is 12.9. The summed E-state index contributed by atoms with van der Waals surface area (Å²) < 4.78 is 13.9. The van der Waals surface area contributed by atoms with E-state index in [2.05, 4.69) is 5.32 Å². The molecule has 3 rings (SSSR count). The third-order valence-electron chi connectivity index (χ3n) is 4.61. The molecule has 5 nitrogen and oxygen atoms in total. The zero-order chi connectivity index (χ0) is 16.4. The number of benzene rings is 1. The van der Waals surface area contributed by atoms with E-state index in [-0.39, 0.29) is 24.9 Å². The maximum absolute atomic E-state index is 13.9. The first kappa shape index (κ1) is 15.8. The largest absolute Gasteiger partial charge is 0.481 e. The van der Waals surface area contributed by atoms with Crippen molar-refractivity contribution in [1.29, 1.82) is 0 Å². The van der Waals surface area contributed by atoms with Crippen molar-refractivity contribution in [2.75, 3.05) is 13.1 Å². The second kappa shape index (κ2) is 6.56. The predicted octanol–water partition coefficient (Wildman–Crippen LogP) is 2.71. The first-order valence-corrected chi connectivity index (χ1v) is 8.08. The minimum atomic E-state index is -0.870. The van der Waals surface area contributed by atoms with Gasteiger partial charge in [0, 0.05) is 25.2 Å². The lowest BCUT2D eigenvalue weighted by Crippen LogP contribution is -2.46. The van der Waals surface area contributed by atoms with Crippen LogP contribution in [-0.4, -0.2) is 35.1 Å². The molecule has 124 valence electrons. The van der Waals surface area contributed by atoms with Gasteiger partial charge in [0.05, 0.1) is 5.92 Å². The molecule has 2 amide bonds. The predicted molar refractivity (Wildman–Crippen MR) is 82.5 cm³/mol. The van der Waals surface area contributed by atoms with Crippen LogP contribution >= 0.6 is 0 Å². The smallest absolute Gasteiger partial charge is 0.317 e. The van der Waals surface area contributed by atoms with Gasteiger partial charge in [-0.25, -0.2) is 9.18 Å². The normalized spacial score (nSPS) is 21.1. The Bertz CT molecular complexity index is 616. The van der Waals surface area contributed by atoms with E-state index in [1.165, 1.54) is 11.0 Å². The molecule has 1 aromatic carbocycles. The van der Waals surface area contributed by atoms with Crippen LogP contribution in [0.4, 0.5) is 9.18 Å². The molecule has 0 aromatic heterocycles. The number of piperidine rings is 1. The monoisotopic (exact) mass is 320 g/mol. The second-order valence-electron chi connectivity index (χ2n) is 6.41. The average molecular weight is 320 g/mol. The van der Waals surface area contributed by atoms with E-state index in [0.29, 0.717) is 30.9 Å². The molecular weight excluding hydrogens is 299 g/mol. The SMILES string of the molecule is O=C(O)C1CCCN(C(=O)NCc2cc(C3CC3)ccc2F)C1. The Morgan fingerprint density at radius 3 is 2.78 bits per heavy atom. The van der Waals surface area contributed by atoms with Crippen LogP contribution in [0.25, 0.3) is 0 Å². The van der Waals surface area contributed by atoms with Crippen LogP contribution in [-0.2, 0) is 11.3 Å². The van der Waals surface area contributed by atoms with Crippen LogP contribution in [0.5, 0.6) is 0 Å². The summed E-state index contributed by atoms with van der Waals surface area (Å²) in [6, 6.07) is 4.76. The van der Waals surface area contributed by atoms with Crippen molar-refractivity contribution in [3.63, 3.8) is 0 Å². The molecule has 1 aliphatic heterocycles. The highest BCUT2D eigenvalue weighted by Crippen LogP contribution is 2.40. The highest BCUT2D eigenvalue weighted by Gasteiger charge is 2.28. The van der Waals surface area contributed by atoms with Gasteiger partial charge in [-0.3, -0.25) is 4.79 Å². The Morgan fingerprint density at radius 2 is 2.09 bits per heavy atom. The molecule has 0 bridgehead atoms. The standard InChI is InChI=1S/C17H21FN2O3/c18-15-6-5-12(11-3-4-11)8-14(15)9-19-17(23)20-7-1-2-13(10-20)16(21)22/h5-6,8,11,13H,1-4,7,9-10H2,(H,19,23)(H,21,22). The molecule has 0 spiro atoms. The van der Waals surface area contributed by atoms with Gasteiger partial charge in [-0.1, -0.05) is 12.1 Å². The molecule has 1 aromatic rings. The number of urea groups is 1. The summed E-state index contributed by atoms with van der Waals surface area (Å²) in [7, 11) is 0. The number of aliphatic carboxylic acids is 1. The molecular formula is C17H21FN2O3. The molecule has 0 radical (unpaired) electrons. The second-order valence-corrected chi connectivity index (χ2v) is 6.41. The van der Waals surface area contributed by atoms with Crippen molar-refractivity contribution in [2.45, 2.75) is 38.1 Å². The third kappa shape index (κ3) is 3.81. The molecule has 1 aliphatic carbocycles. The summed E-state index contributed by atoms with van der Waals surface area (Å²) in [5.41, 5.74) is 1.61. The lowest BCUT2D eigenvalue weighted by molar-refractivity contribution is -0.143. The summed E-state index contributed by atoms with van der Waals surface area (Å²) in [6.45, 7) is 0.880. The van der Waals surface area contributed by atoms with Gasteiger partial charge in [0.2, 0.25) is 0 Å². The van der Waals surface area contributed by atoms with Crippen molar-refractivity contribution >= 4 is 12.0 Å². The molecule has 1 heterocycles. The number of carboxylic acids is 1. The Hall–Kier alpha value is -2.11. The number of likely N-dealkylation sites (tertiary alicyclic amines) is 1. The van der Waals surface area contributed by atoms with E-state index < -0.39 is 11.9 Å². The first-order chi connectivity index (χ1) is 11.0. The molecule has 1 atom stereocenters. The molecule has 6 heteroatoms. The van der Waals surface area contributed by atoms with Gasteiger partial charge in [-0.15, -0.1) is 0 Å². The van der Waals surface area contributed by atoms with Gasteiger partial charge in [0.1, 0.15) is 5.82 Å². The molecule has 1 unspecified atom stereocenters. The average Bonchev–Trinajstić information content (AvgIpc) is 3.39. The minimum absolute atomic E-state index is 0.124. The Balaban J connectivity index is 1.58. The van der Waals surface area contributed by atoms with Crippen molar-refractivity contribution < 1.29 is 19.1 Å². The summed E-state index contributed by atoms with van der Waals surface area (Å²) in [5, 5.41) is 11.8. The lowest BCUT2D eigenvalue weighted by Gasteiger charge is -2.30. The van der Waals surface area contributed by atoms with Crippen LogP contribution in [0.1, 0.15) is 42.7 Å². The number of carbonyl (C=O) groups is 2. The van der Waals surface area contributed by atoms with Crippen molar-refractivity contribution in [1.82, 2.24) is 10.2 Å². The topological polar surface area (TPSA) is 69.6 Å². The van der Waals surface area contributed by atoms with E-state index in [0.717, 1.165) is 18.4 Å². The van der Waals surface area contributed by atoms with Crippen LogP contribution in [0, 0.1) is 11.7 Å². The number of rotatable bonds is 4. The molecule has 1 saturated carbocycles. The first-order valence-electron chi connectivity index (χ1n) is 8.08. The Morgan fingerprint density at radius 1 is 1.30 bits per heavy atom. The quantitative estimate of drug-likeness (QED) is 0.896. The zero-order valence-electron chi connectivity index (χ0n) is 12.9. The van der Waals surface area contributed by atoms with E-state index in [1.54, 1.807) is 6.07 Å². The van der Waals surface area contributed by atoms with Crippen molar-refractivity contribution in [2.24, 2.45) is 5.92 Å². The van der Waals surface area contributed by atoms with Crippen LogP contribution in [0.15, 0.2) is 18.2 Å². The van der Waals surface area contributed by atoms with Crippen LogP contribution < -0.4 is 5.32 Å². The maximum atomic E-state index is 13.9. The number of hydrogen-bond donors (Lipinski definition) is 2. The number of carbonyl (C=O) groups excluding carboxylic acids is 1. The van der Waals surface area contributed by atoms with E-state index >= 15 is 0 Å². The highest BCUT2D eigenvalue weighted by molar-refractivity contribution is 5.76. The van der Waals surface area contributed by atoms with Gasteiger partial charge < -0.3 is 15.3 Å². The molecule has 23 heavy (non-hydrogen) atoms. The summed E-state index contributed by atoms with van der Waals surface area (Å²) >= 11 is 0. The van der Waals surface area contributed by atoms with Gasteiger partial charge >= 0.3 is 12.0 Å². The van der Waals surface area contributed by atoms with Crippen LogP contribution in [0.3, 0.4) is 0 Å². The van der Waals surface area contributed by atoms with Gasteiger partial charge in [0.25, 0.3) is 0 Å². The van der Waals surface area contributed by atoms with E-state index in [9.17, 15) is 14.0 Å². The lowest BCUT2D eigenvalue weighted by atomic mass is 9.99. The number of halogens is 1. The van der Waals surface area contributed by atoms with Gasteiger partial charge in [-0.05, 0) is 43.2 Å².